The smallest absolute Gasteiger partial charge is 0.304 e. The molecule has 1 N–H and O–H groups in total. The number of carbonyl (C=O) groups is 1. The number of hydrogen-bond acceptors (Lipinski definition) is 2. The van der Waals surface area contributed by atoms with Crippen LogP contribution in [0.3, 0.4) is 0 Å². The van der Waals surface area contributed by atoms with Gasteiger partial charge in [0.05, 0.1) is 6.42 Å². The van der Waals surface area contributed by atoms with Gasteiger partial charge in [-0.2, -0.15) is 11.8 Å². The predicted molar refractivity (Wildman–Crippen MR) is 81.7 cm³/mol. The van der Waals surface area contributed by atoms with Crippen molar-refractivity contribution in [2.45, 2.75) is 77.3 Å². The lowest BCUT2D eigenvalue weighted by Gasteiger charge is -2.06. The van der Waals surface area contributed by atoms with Gasteiger partial charge in [0.2, 0.25) is 0 Å². The highest BCUT2D eigenvalue weighted by Crippen LogP contribution is 2.14. The molecule has 1 unspecified atom stereocenters. The first-order chi connectivity index (χ1) is 9.16. The van der Waals surface area contributed by atoms with Crippen LogP contribution in [-0.4, -0.2) is 28.8 Å². The molecule has 0 fully saturated rings. The maximum atomic E-state index is 13.2. The Morgan fingerprint density at radius 1 is 1.05 bits per heavy atom. The number of carboxylic acids is 1. The van der Waals surface area contributed by atoms with Crippen LogP contribution in [0.15, 0.2) is 0 Å². The number of hydrogen-bond donors (Lipinski definition) is 1. The minimum Gasteiger partial charge on any atom is -0.481 e. The van der Waals surface area contributed by atoms with Crippen molar-refractivity contribution in [3.63, 3.8) is 0 Å². The average Bonchev–Trinajstić information content (AvgIpc) is 2.36. The highest BCUT2D eigenvalue weighted by atomic mass is 32.2. The maximum Gasteiger partial charge on any atom is 0.304 e. The summed E-state index contributed by atoms with van der Waals surface area (Å²) >= 11 is 1.73. The molecule has 0 radical (unpaired) electrons. The van der Waals surface area contributed by atoms with Crippen LogP contribution in [0.4, 0.5) is 4.39 Å². The van der Waals surface area contributed by atoms with E-state index in [0.717, 1.165) is 37.2 Å². The molecule has 0 heterocycles. The number of rotatable bonds is 14. The lowest BCUT2D eigenvalue weighted by molar-refractivity contribution is -0.136. The van der Waals surface area contributed by atoms with Crippen molar-refractivity contribution in [3.8, 4) is 0 Å². The predicted octanol–water partition coefficient (Wildman–Crippen LogP) is 5.06. The summed E-state index contributed by atoms with van der Waals surface area (Å²) in [5.41, 5.74) is 0. The third-order valence-corrected chi connectivity index (χ3v) is 4.19. The molecule has 2 nitrogen and oxygen atoms in total. The molecule has 0 rings (SSSR count). The van der Waals surface area contributed by atoms with Crippen LogP contribution >= 0.6 is 11.8 Å². The Bertz CT molecular complexity index is 212. The van der Waals surface area contributed by atoms with E-state index in [4.69, 9.17) is 5.11 Å². The van der Waals surface area contributed by atoms with Crippen LogP contribution in [0.5, 0.6) is 0 Å². The van der Waals surface area contributed by atoms with Crippen molar-refractivity contribution in [2.24, 2.45) is 0 Å². The van der Waals surface area contributed by atoms with Crippen molar-refractivity contribution in [1.29, 1.82) is 0 Å². The van der Waals surface area contributed by atoms with Gasteiger partial charge in [-0.3, -0.25) is 4.79 Å². The zero-order chi connectivity index (χ0) is 14.3. The highest BCUT2D eigenvalue weighted by Gasteiger charge is 2.03. The Labute approximate surface area is 121 Å². The molecule has 114 valence electrons. The fraction of sp³-hybridized carbons (Fsp3) is 0.933. The molecule has 0 aromatic rings. The lowest BCUT2D eigenvalue weighted by Crippen LogP contribution is -1.98. The molecule has 0 aliphatic rings. The molecule has 0 bridgehead atoms. The summed E-state index contributed by atoms with van der Waals surface area (Å²) in [5, 5.41) is 8.47. The lowest BCUT2D eigenvalue weighted by atomic mass is 10.1. The monoisotopic (exact) mass is 291 g/mol. The maximum absolute atomic E-state index is 13.2. The third-order valence-electron chi connectivity index (χ3n) is 3.12. The number of thioether (sulfide) groups is 1. The number of carboxylic acid groups (broad SMARTS) is 1. The molecule has 0 aromatic carbocycles. The van der Waals surface area contributed by atoms with E-state index in [1.165, 1.54) is 25.7 Å². The molecule has 0 spiro atoms. The van der Waals surface area contributed by atoms with Crippen molar-refractivity contribution in [3.05, 3.63) is 0 Å². The van der Waals surface area contributed by atoms with Gasteiger partial charge < -0.3 is 5.11 Å². The largest absolute Gasteiger partial charge is 0.481 e. The van der Waals surface area contributed by atoms with E-state index in [9.17, 15) is 9.18 Å². The zero-order valence-corrected chi connectivity index (χ0v) is 13.0. The summed E-state index contributed by atoms with van der Waals surface area (Å²) in [6.07, 6.45) is 9.07. The van der Waals surface area contributed by atoms with E-state index in [1.54, 1.807) is 11.8 Å². The van der Waals surface area contributed by atoms with Crippen LogP contribution in [0.2, 0.25) is 0 Å². The van der Waals surface area contributed by atoms with Gasteiger partial charge in [-0.25, -0.2) is 4.39 Å². The second-order valence-corrected chi connectivity index (χ2v) is 6.28. The van der Waals surface area contributed by atoms with E-state index in [0.29, 0.717) is 6.42 Å². The highest BCUT2D eigenvalue weighted by molar-refractivity contribution is 7.99. The van der Waals surface area contributed by atoms with E-state index in [1.807, 2.05) is 6.92 Å². The minimum absolute atomic E-state index is 0.271. The van der Waals surface area contributed by atoms with Crippen molar-refractivity contribution < 1.29 is 14.3 Å². The van der Waals surface area contributed by atoms with Crippen LogP contribution in [0.25, 0.3) is 0 Å². The van der Waals surface area contributed by atoms with Crippen LogP contribution in [0.1, 0.15) is 71.1 Å². The Hall–Kier alpha value is -0.250. The molecule has 0 aliphatic heterocycles. The Morgan fingerprint density at radius 3 is 2.32 bits per heavy atom. The van der Waals surface area contributed by atoms with Gasteiger partial charge >= 0.3 is 5.97 Å². The summed E-state index contributed by atoms with van der Waals surface area (Å²) in [4.78, 5) is 10.3. The molecule has 0 amide bonds. The fourth-order valence-electron chi connectivity index (χ4n) is 2.00. The molecule has 4 heteroatoms. The van der Waals surface area contributed by atoms with Crippen LogP contribution < -0.4 is 0 Å². The Kier molecular flexibility index (Phi) is 14.0. The van der Waals surface area contributed by atoms with E-state index >= 15 is 0 Å². The summed E-state index contributed by atoms with van der Waals surface area (Å²) in [6.45, 7) is 2.03. The van der Waals surface area contributed by atoms with Gasteiger partial charge in [-0.05, 0) is 25.0 Å². The first kappa shape index (κ1) is 18.8. The van der Waals surface area contributed by atoms with Crippen molar-refractivity contribution in [1.82, 2.24) is 0 Å². The van der Waals surface area contributed by atoms with Gasteiger partial charge in [0.15, 0.2) is 0 Å². The van der Waals surface area contributed by atoms with Crippen LogP contribution in [-0.2, 0) is 4.79 Å². The first-order valence-corrected chi connectivity index (χ1v) is 8.76. The quantitative estimate of drug-likeness (QED) is 0.454. The summed E-state index contributed by atoms with van der Waals surface area (Å²) < 4.78 is 13.2. The molecule has 0 saturated carbocycles. The van der Waals surface area contributed by atoms with Crippen molar-refractivity contribution >= 4 is 17.7 Å². The number of halogens is 1. The summed E-state index contributed by atoms with van der Waals surface area (Å²) in [6, 6.07) is 0. The zero-order valence-electron chi connectivity index (χ0n) is 12.2. The van der Waals surface area contributed by atoms with Crippen molar-refractivity contribution in [2.75, 3.05) is 11.5 Å². The Morgan fingerprint density at radius 2 is 1.68 bits per heavy atom. The van der Waals surface area contributed by atoms with Gasteiger partial charge in [0.1, 0.15) is 6.17 Å². The van der Waals surface area contributed by atoms with Gasteiger partial charge in [-0.1, -0.05) is 45.4 Å². The second kappa shape index (κ2) is 14.2. The minimum atomic E-state index is -0.707. The molecule has 0 aliphatic carbocycles. The molecule has 1 atom stereocenters. The third kappa shape index (κ3) is 15.7. The van der Waals surface area contributed by atoms with Gasteiger partial charge in [0.25, 0.3) is 0 Å². The second-order valence-electron chi connectivity index (χ2n) is 5.05. The van der Waals surface area contributed by atoms with Crippen LogP contribution in [0, 0.1) is 0 Å². The number of aliphatic carboxylic acids is 1. The fourth-order valence-corrected chi connectivity index (χ4v) is 2.93. The molecule has 19 heavy (non-hydrogen) atoms. The topological polar surface area (TPSA) is 37.3 Å². The van der Waals surface area contributed by atoms with E-state index < -0.39 is 12.1 Å². The van der Waals surface area contributed by atoms with E-state index in [2.05, 4.69) is 0 Å². The van der Waals surface area contributed by atoms with Gasteiger partial charge in [0, 0.05) is 5.75 Å². The van der Waals surface area contributed by atoms with Gasteiger partial charge in [-0.15, -0.1) is 0 Å². The Balaban J connectivity index is 3.04. The summed E-state index contributed by atoms with van der Waals surface area (Å²) in [5.74, 6) is 1.09. The average molecular weight is 291 g/mol. The first-order valence-electron chi connectivity index (χ1n) is 7.60. The van der Waals surface area contributed by atoms with E-state index in [-0.39, 0.29) is 6.42 Å². The number of unbranched alkanes of at least 4 members (excludes halogenated alkanes) is 5. The normalized spacial score (nSPS) is 12.5. The molecular formula is C15H29FO2S. The number of alkyl halides is 1. The standard InChI is InChI=1S/C15H29FO2S/c1-2-9-14(16)10-7-5-3-4-6-8-12-19-13-11-15(17)18/h14H,2-13H2,1H3,(H,17,18)/i16-1. The summed E-state index contributed by atoms with van der Waals surface area (Å²) in [7, 11) is 0. The molecule has 0 saturated heterocycles. The molecular weight excluding hydrogens is 262 g/mol. The molecule has 0 aromatic heterocycles. The SMILES string of the molecule is CCCC([18F])CCCCCCCCSCCC(=O)O.